The van der Waals surface area contributed by atoms with Gasteiger partial charge in [-0.15, -0.1) is 0 Å². The molecule has 0 aliphatic carbocycles. The van der Waals surface area contributed by atoms with Crippen molar-refractivity contribution in [2.45, 2.75) is 33.3 Å². The van der Waals surface area contributed by atoms with Crippen LogP contribution in [0.4, 0.5) is 5.69 Å². The number of benzene rings is 1. The zero-order valence-corrected chi connectivity index (χ0v) is 9.93. The number of amides is 1. The Morgan fingerprint density at radius 2 is 1.94 bits per heavy atom. The van der Waals surface area contributed by atoms with Crippen LogP contribution in [-0.2, 0) is 9.63 Å². The molecule has 0 radical (unpaired) electrons. The molecule has 16 heavy (non-hydrogen) atoms. The van der Waals surface area contributed by atoms with Gasteiger partial charge in [0.05, 0.1) is 11.8 Å². The lowest BCUT2D eigenvalue weighted by Gasteiger charge is -2.39. The van der Waals surface area contributed by atoms with E-state index in [9.17, 15) is 4.79 Å². The van der Waals surface area contributed by atoms with Crippen LogP contribution in [0.25, 0.3) is 0 Å². The fourth-order valence-corrected chi connectivity index (χ4v) is 2.09. The first kappa shape index (κ1) is 11.1. The van der Waals surface area contributed by atoms with Crippen LogP contribution in [0.3, 0.4) is 0 Å². The number of hydrogen-bond donors (Lipinski definition) is 0. The van der Waals surface area contributed by atoms with Crippen molar-refractivity contribution in [2.75, 3.05) is 5.06 Å². The molecular formula is C13H17NO2. The first-order valence-corrected chi connectivity index (χ1v) is 5.57. The molecule has 1 fully saturated rings. The summed E-state index contributed by atoms with van der Waals surface area (Å²) in [7, 11) is 0. The van der Waals surface area contributed by atoms with Crippen LogP contribution in [0.15, 0.2) is 30.3 Å². The highest BCUT2D eigenvalue weighted by molar-refractivity contribution is 5.95. The second kappa shape index (κ2) is 3.91. The maximum absolute atomic E-state index is 12.2. The summed E-state index contributed by atoms with van der Waals surface area (Å²) in [6.45, 7) is 5.92. The topological polar surface area (TPSA) is 29.5 Å². The second-order valence-corrected chi connectivity index (χ2v) is 4.94. The smallest absolute Gasteiger partial charge is 0.256 e. The predicted molar refractivity (Wildman–Crippen MR) is 62.9 cm³/mol. The van der Waals surface area contributed by atoms with Gasteiger partial charge in [0, 0.05) is 5.41 Å². The molecule has 1 aromatic rings. The number of rotatable bonds is 1. The molecule has 0 aromatic heterocycles. The van der Waals surface area contributed by atoms with Gasteiger partial charge >= 0.3 is 0 Å². The molecule has 0 spiro atoms. The minimum atomic E-state index is -0.354. The first-order chi connectivity index (χ1) is 7.50. The summed E-state index contributed by atoms with van der Waals surface area (Å²) in [5.74, 6) is 0.0248. The number of hydroxylamine groups is 1. The first-order valence-electron chi connectivity index (χ1n) is 5.57. The van der Waals surface area contributed by atoms with Crippen molar-refractivity contribution < 1.29 is 9.63 Å². The van der Waals surface area contributed by atoms with Crippen LogP contribution in [0.1, 0.15) is 27.2 Å². The van der Waals surface area contributed by atoms with Gasteiger partial charge in [0.25, 0.3) is 5.91 Å². The number of hydrogen-bond acceptors (Lipinski definition) is 2. The third-order valence-corrected chi connectivity index (χ3v) is 2.84. The molecule has 3 nitrogen and oxygen atoms in total. The normalized spacial score (nSPS) is 24.6. The zero-order chi connectivity index (χ0) is 11.8. The van der Waals surface area contributed by atoms with Crippen molar-refractivity contribution in [3.8, 4) is 0 Å². The van der Waals surface area contributed by atoms with Crippen LogP contribution in [0.2, 0.25) is 0 Å². The van der Waals surface area contributed by atoms with Crippen LogP contribution in [0, 0.1) is 5.41 Å². The molecule has 0 N–H and O–H groups in total. The van der Waals surface area contributed by atoms with E-state index >= 15 is 0 Å². The summed E-state index contributed by atoms with van der Waals surface area (Å²) < 4.78 is 0. The van der Waals surface area contributed by atoms with Gasteiger partial charge in [-0.1, -0.05) is 32.0 Å². The van der Waals surface area contributed by atoms with E-state index in [2.05, 4.69) is 0 Å². The maximum Gasteiger partial charge on any atom is 0.256 e. The lowest BCUT2D eigenvalue weighted by Crippen LogP contribution is -2.49. The maximum atomic E-state index is 12.2. The third kappa shape index (κ3) is 1.95. The van der Waals surface area contributed by atoms with Crippen LogP contribution in [0.5, 0.6) is 0 Å². The van der Waals surface area contributed by atoms with Gasteiger partial charge in [-0.2, -0.15) is 5.06 Å². The Bertz CT molecular complexity index is 386. The summed E-state index contributed by atoms with van der Waals surface area (Å²) in [6, 6.07) is 9.49. The van der Waals surface area contributed by atoms with Crippen molar-refractivity contribution >= 4 is 11.6 Å². The monoisotopic (exact) mass is 219 g/mol. The predicted octanol–water partition coefficient (Wildman–Crippen LogP) is 2.77. The SMILES string of the molecule is CC1CC(C)(C)C(=O)N(c2ccccc2)O1. The molecule has 1 saturated heterocycles. The van der Waals surface area contributed by atoms with E-state index < -0.39 is 0 Å². The van der Waals surface area contributed by atoms with E-state index in [1.54, 1.807) is 0 Å². The lowest BCUT2D eigenvalue weighted by atomic mass is 9.84. The Morgan fingerprint density at radius 1 is 1.31 bits per heavy atom. The summed E-state index contributed by atoms with van der Waals surface area (Å²) in [6.07, 6.45) is 0.822. The molecule has 1 heterocycles. The molecule has 1 atom stereocenters. The summed E-state index contributed by atoms with van der Waals surface area (Å²) >= 11 is 0. The summed E-state index contributed by atoms with van der Waals surface area (Å²) in [5.41, 5.74) is 0.445. The average molecular weight is 219 g/mol. The molecule has 3 heteroatoms. The van der Waals surface area contributed by atoms with E-state index in [1.165, 1.54) is 5.06 Å². The lowest BCUT2D eigenvalue weighted by molar-refractivity contribution is -0.147. The highest BCUT2D eigenvalue weighted by Crippen LogP contribution is 2.34. The Morgan fingerprint density at radius 3 is 2.56 bits per heavy atom. The van der Waals surface area contributed by atoms with Gasteiger partial charge in [0.2, 0.25) is 0 Å². The molecule has 0 saturated carbocycles. The third-order valence-electron chi connectivity index (χ3n) is 2.84. The molecule has 2 rings (SSSR count). The van der Waals surface area contributed by atoms with Gasteiger partial charge in [0.15, 0.2) is 0 Å². The number of carbonyl (C=O) groups excluding carboxylic acids is 1. The number of nitrogens with zero attached hydrogens (tertiary/aromatic N) is 1. The molecule has 1 aliphatic heterocycles. The van der Waals surface area contributed by atoms with Crippen molar-refractivity contribution in [2.24, 2.45) is 5.41 Å². The molecule has 1 aromatic carbocycles. The Hall–Kier alpha value is -1.35. The zero-order valence-electron chi connectivity index (χ0n) is 9.93. The van der Waals surface area contributed by atoms with Crippen LogP contribution in [-0.4, -0.2) is 12.0 Å². The Balaban J connectivity index is 2.31. The quantitative estimate of drug-likeness (QED) is 0.726. The minimum Gasteiger partial charge on any atom is -0.272 e. The van der Waals surface area contributed by atoms with Crippen LogP contribution >= 0.6 is 0 Å². The summed E-state index contributed by atoms with van der Waals surface area (Å²) in [5, 5.41) is 1.42. The highest BCUT2D eigenvalue weighted by Gasteiger charge is 2.40. The van der Waals surface area contributed by atoms with Crippen LogP contribution < -0.4 is 5.06 Å². The largest absolute Gasteiger partial charge is 0.272 e. The van der Waals surface area contributed by atoms with E-state index in [0.29, 0.717) is 0 Å². The number of carbonyl (C=O) groups is 1. The molecule has 86 valence electrons. The minimum absolute atomic E-state index is 0.0248. The molecular weight excluding hydrogens is 202 g/mol. The van der Waals surface area contributed by atoms with Crippen molar-refractivity contribution in [1.82, 2.24) is 0 Å². The van der Waals surface area contributed by atoms with Gasteiger partial charge in [-0.25, -0.2) is 0 Å². The molecule has 1 amide bonds. The molecule has 0 bridgehead atoms. The molecule has 1 unspecified atom stereocenters. The van der Waals surface area contributed by atoms with Gasteiger partial charge < -0.3 is 0 Å². The Labute approximate surface area is 96.0 Å². The summed E-state index contributed by atoms with van der Waals surface area (Å²) in [4.78, 5) is 17.8. The fourth-order valence-electron chi connectivity index (χ4n) is 2.09. The van der Waals surface area contributed by atoms with Crippen molar-refractivity contribution in [3.05, 3.63) is 30.3 Å². The van der Waals surface area contributed by atoms with E-state index in [4.69, 9.17) is 4.84 Å². The van der Waals surface area contributed by atoms with Gasteiger partial charge in [0.1, 0.15) is 0 Å². The van der Waals surface area contributed by atoms with Gasteiger partial charge in [-0.05, 0) is 25.5 Å². The Kier molecular flexibility index (Phi) is 2.72. The average Bonchev–Trinajstić information content (AvgIpc) is 2.24. The van der Waals surface area contributed by atoms with E-state index in [-0.39, 0.29) is 17.4 Å². The fraction of sp³-hybridized carbons (Fsp3) is 0.462. The van der Waals surface area contributed by atoms with E-state index in [1.807, 2.05) is 51.1 Å². The standard InChI is InChI=1S/C13H17NO2/c1-10-9-13(2,3)12(15)14(16-10)11-7-5-4-6-8-11/h4-8,10H,9H2,1-3H3. The van der Waals surface area contributed by atoms with Gasteiger partial charge in [-0.3, -0.25) is 9.63 Å². The second-order valence-electron chi connectivity index (χ2n) is 4.94. The highest BCUT2D eigenvalue weighted by atomic mass is 16.7. The number of para-hydroxylation sites is 1. The van der Waals surface area contributed by atoms with Crippen molar-refractivity contribution in [1.29, 1.82) is 0 Å². The molecule has 1 aliphatic rings. The van der Waals surface area contributed by atoms with Crippen molar-refractivity contribution in [3.63, 3.8) is 0 Å². The number of anilines is 1. The van der Waals surface area contributed by atoms with E-state index in [0.717, 1.165) is 12.1 Å².